The quantitative estimate of drug-likeness (QED) is 0.609. The third kappa shape index (κ3) is 2.64. The number of piperazine rings is 1. The van der Waals surface area contributed by atoms with Crippen molar-refractivity contribution in [3.05, 3.63) is 32.9 Å². The molecule has 1 atom stereocenters. The van der Waals surface area contributed by atoms with Crippen LogP contribution in [0.4, 0.5) is 8.78 Å². The summed E-state index contributed by atoms with van der Waals surface area (Å²) in [6.45, 7) is 3.81. The van der Waals surface area contributed by atoms with Gasteiger partial charge in [0.15, 0.2) is 0 Å². The Kier molecular flexibility index (Phi) is 4.16. The van der Waals surface area contributed by atoms with Crippen LogP contribution in [0.2, 0.25) is 0 Å². The third-order valence-corrected chi connectivity index (χ3v) is 3.83. The van der Waals surface area contributed by atoms with E-state index < -0.39 is 11.6 Å². The van der Waals surface area contributed by atoms with Gasteiger partial charge in [-0.1, -0.05) is 0 Å². The van der Waals surface area contributed by atoms with Gasteiger partial charge in [-0.2, -0.15) is 0 Å². The number of hydrogen-bond donors (Lipinski definition) is 1. The Morgan fingerprint density at radius 1 is 1.44 bits per heavy atom. The third-order valence-electron chi connectivity index (χ3n) is 3.00. The molecule has 1 heterocycles. The van der Waals surface area contributed by atoms with Crippen molar-refractivity contribution in [3.63, 3.8) is 0 Å². The van der Waals surface area contributed by atoms with Gasteiger partial charge in [-0.3, -0.25) is 4.79 Å². The zero-order chi connectivity index (χ0) is 13.3. The smallest absolute Gasteiger partial charge is 0.257 e. The van der Waals surface area contributed by atoms with Crippen LogP contribution in [0.1, 0.15) is 17.3 Å². The molecule has 6 heteroatoms. The van der Waals surface area contributed by atoms with E-state index in [2.05, 4.69) is 5.32 Å². The summed E-state index contributed by atoms with van der Waals surface area (Å²) in [4.78, 5) is 13.8. The minimum atomic E-state index is -0.802. The normalized spacial score (nSPS) is 20.0. The van der Waals surface area contributed by atoms with Crippen molar-refractivity contribution in [2.75, 3.05) is 19.6 Å². The minimum Gasteiger partial charge on any atom is -0.333 e. The molecule has 0 bridgehead atoms. The predicted molar refractivity (Wildman–Crippen MR) is 72.4 cm³/mol. The van der Waals surface area contributed by atoms with Crippen molar-refractivity contribution in [3.8, 4) is 0 Å². The number of carbonyl (C=O) groups is 1. The van der Waals surface area contributed by atoms with Crippen molar-refractivity contribution in [2.24, 2.45) is 0 Å². The SMILES string of the molecule is CC1CNCCN1C(=O)c1cc(I)c(F)cc1F. The van der Waals surface area contributed by atoms with Crippen molar-refractivity contribution in [1.82, 2.24) is 10.2 Å². The van der Waals surface area contributed by atoms with E-state index >= 15 is 0 Å². The van der Waals surface area contributed by atoms with Gasteiger partial charge in [0.25, 0.3) is 5.91 Å². The molecule has 0 aliphatic carbocycles. The Bertz CT molecular complexity index is 481. The molecule has 1 aromatic carbocycles. The first-order chi connectivity index (χ1) is 8.50. The van der Waals surface area contributed by atoms with Gasteiger partial charge in [-0.25, -0.2) is 8.78 Å². The van der Waals surface area contributed by atoms with Gasteiger partial charge in [0.05, 0.1) is 5.56 Å². The molecule has 1 amide bonds. The van der Waals surface area contributed by atoms with Gasteiger partial charge >= 0.3 is 0 Å². The van der Waals surface area contributed by atoms with Crippen LogP contribution in [0.15, 0.2) is 12.1 Å². The number of carbonyl (C=O) groups excluding carboxylic acids is 1. The highest BCUT2D eigenvalue weighted by atomic mass is 127. The Hall–Kier alpha value is -0.760. The summed E-state index contributed by atoms with van der Waals surface area (Å²) in [6, 6.07) is 2.04. The van der Waals surface area contributed by atoms with Crippen molar-refractivity contribution in [2.45, 2.75) is 13.0 Å². The second-order valence-corrected chi connectivity index (χ2v) is 5.46. The molecule has 0 saturated carbocycles. The molecule has 1 aromatic rings. The van der Waals surface area contributed by atoms with Gasteiger partial charge in [-0.15, -0.1) is 0 Å². The average Bonchev–Trinajstić information content (AvgIpc) is 2.33. The van der Waals surface area contributed by atoms with Crippen LogP contribution in [0.25, 0.3) is 0 Å². The first-order valence-corrected chi connectivity index (χ1v) is 6.75. The fraction of sp³-hybridized carbons (Fsp3) is 0.417. The molecule has 1 aliphatic heterocycles. The van der Waals surface area contributed by atoms with Crippen LogP contribution in [-0.2, 0) is 0 Å². The predicted octanol–water partition coefficient (Wildman–Crippen LogP) is 2.00. The van der Waals surface area contributed by atoms with Crippen LogP contribution < -0.4 is 5.32 Å². The lowest BCUT2D eigenvalue weighted by Gasteiger charge is -2.34. The van der Waals surface area contributed by atoms with Gasteiger partial charge in [-0.05, 0) is 35.6 Å². The molecule has 0 radical (unpaired) electrons. The number of hydrogen-bond acceptors (Lipinski definition) is 2. The number of rotatable bonds is 1. The van der Waals surface area contributed by atoms with Gasteiger partial charge in [0.2, 0.25) is 0 Å². The summed E-state index contributed by atoms with van der Waals surface area (Å²) in [5, 5.41) is 3.16. The van der Waals surface area contributed by atoms with Crippen LogP contribution in [0.5, 0.6) is 0 Å². The monoisotopic (exact) mass is 366 g/mol. The fourth-order valence-electron chi connectivity index (χ4n) is 1.98. The molecule has 1 fully saturated rings. The molecule has 1 unspecified atom stereocenters. The summed E-state index contributed by atoms with van der Waals surface area (Å²) in [5.41, 5.74) is -0.0606. The van der Waals surface area contributed by atoms with Gasteiger partial charge < -0.3 is 10.2 Å². The van der Waals surface area contributed by atoms with Crippen molar-refractivity contribution >= 4 is 28.5 Å². The Labute approximate surface area is 118 Å². The maximum Gasteiger partial charge on any atom is 0.257 e. The van der Waals surface area contributed by atoms with E-state index in [0.29, 0.717) is 19.6 Å². The first-order valence-electron chi connectivity index (χ1n) is 5.67. The summed E-state index contributed by atoms with van der Waals surface area (Å²) in [7, 11) is 0. The molecule has 98 valence electrons. The number of halogens is 3. The summed E-state index contributed by atoms with van der Waals surface area (Å²) < 4.78 is 27.1. The highest BCUT2D eigenvalue weighted by Gasteiger charge is 2.26. The summed E-state index contributed by atoms with van der Waals surface area (Å²) >= 11 is 1.75. The number of benzene rings is 1. The van der Waals surface area contributed by atoms with E-state index in [0.717, 1.165) is 6.07 Å². The maximum absolute atomic E-state index is 13.7. The van der Waals surface area contributed by atoms with Crippen LogP contribution in [0, 0.1) is 15.2 Å². The molecule has 18 heavy (non-hydrogen) atoms. The zero-order valence-corrected chi connectivity index (χ0v) is 12.0. The lowest BCUT2D eigenvalue weighted by Crippen LogP contribution is -2.52. The second-order valence-electron chi connectivity index (χ2n) is 4.30. The average molecular weight is 366 g/mol. The molecule has 3 nitrogen and oxygen atoms in total. The van der Waals surface area contributed by atoms with E-state index in [1.807, 2.05) is 6.92 Å². The first kappa shape index (κ1) is 13.7. The van der Waals surface area contributed by atoms with Crippen LogP contribution in [0.3, 0.4) is 0 Å². The maximum atomic E-state index is 13.7. The molecule has 0 aromatic heterocycles. The van der Waals surface area contributed by atoms with E-state index in [1.54, 1.807) is 27.5 Å². The molecular formula is C12H13F2IN2O. The van der Waals surface area contributed by atoms with Crippen LogP contribution in [-0.4, -0.2) is 36.5 Å². The van der Waals surface area contributed by atoms with Gasteiger partial charge in [0, 0.05) is 35.3 Å². The lowest BCUT2D eigenvalue weighted by atomic mass is 10.1. The minimum absolute atomic E-state index is 0.00774. The van der Waals surface area contributed by atoms with Crippen molar-refractivity contribution in [1.29, 1.82) is 0 Å². The summed E-state index contributed by atoms with van der Waals surface area (Å²) in [6.07, 6.45) is 0. The molecule has 1 N–H and O–H groups in total. The summed E-state index contributed by atoms with van der Waals surface area (Å²) in [5.74, 6) is -1.82. The number of amides is 1. The fourth-order valence-corrected chi connectivity index (χ4v) is 2.45. The molecule has 0 spiro atoms. The number of nitrogens with one attached hydrogen (secondary N) is 1. The van der Waals surface area contributed by atoms with Gasteiger partial charge in [0.1, 0.15) is 11.6 Å². The highest BCUT2D eigenvalue weighted by Crippen LogP contribution is 2.19. The highest BCUT2D eigenvalue weighted by molar-refractivity contribution is 14.1. The van der Waals surface area contributed by atoms with E-state index in [4.69, 9.17) is 0 Å². The van der Waals surface area contributed by atoms with Crippen LogP contribution >= 0.6 is 22.6 Å². The molecular weight excluding hydrogens is 353 g/mol. The standard InChI is InChI=1S/C12H13F2IN2O/c1-7-6-16-2-3-17(7)12(18)8-4-11(15)10(14)5-9(8)13/h4-5,7,16H,2-3,6H2,1H3. The van der Waals surface area contributed by atoms with E-state index in [1.165, 1.54) is 6.07 Å². The van der Waals surface area contributed by atoms with E-state index in [-0.39, 0.29) is 21.1 Å². The molecule has 1 saturated heterocycles. The Morgan fingerprint density at radius 2 is 2.17 bits per heavy atom. The Balaban J connectivity index is 2.30. The molecule has 2 rings (SSSR count). The van der Waals surface area contributed by atoms with Crippen molar-refractivity contribution < 1.29 is 13.6 Å². The Morgan fingerprint density at radius 3 is 2.83 bits per heavy atom. The number of nitrogens with zero attached hydrogens (tertiary/aromatic N) is 1. The zero-order valence-electron chi connectivity index (χ0n) is 9.84. The van der Waals surface area contributed by atoms with E-state index in [9.17, 15) is 13.6 Å². The lowest BCUT2D eigenvalue weighted by molar-refractivity contribution is 0.0651. The molecule has 1 aliphatic rings. The second kappa shape index (κ2) is 5.48. The topological polar surface area (TPSA) is 32.3 Å². The largest absolute Gasteiger partial charge is 0.333 e.